The van der Waals surface area contributed by atoms with Crippen molar-refractivity contribution in [2.45, 2.75) is 39.0 Å². The third-order valence-corrected chi connectivity index (χ3v) is 4.44. The number of amides is 1. The molecule has 0 saturated heterocycles. The van der Waals surface area contributed by atoms with Crippen molar-refractivity contribution < 1.29 is 14.3 Å². The fourth-order valence-corrected chi connectivity index (χ4v) is 3.21. The molecule has 6 heteroatoms. The maximum Gasteiger partial charge on any atom is 0.271 e. The van der Waals surface area contributed by atoms with Gasteiger partial charge in [-0.2, -0.15) is 0 Å². The number of nitrogens with zero attached hydrogens (tertiary/aromatic N) is 2. The van der Waals surface area contributed by atoms with Gasteiger partial charge in [0.2, 0.25) is 12.1 Å². The van der Waals surface area contributed by atoms with E-state index in [0.29, 0.717) is 17.4 Å². The van der Waals surface area contributed by atoms with E-state index in [1.165, 1.54) is 0 Å². The number of para-hydroxylation sites is 4. The van der Waals surface area contributed by atoms with Crippen molar-refractivity contribution in [1.29, 1.82) is 0 Å². The Balaban J connectivity index is 1.60. The van der Waals surface area contributed by atoms with Crippen LogP contribution in [0.5, 0.6) is 11.5 Å². The van der Waals surface area contributed by atoms with Crippen molar-refractivity contribution >= 4 is 22.9 Å². The first-order valence-electron chi connectivity index (χ1n) is 8.86. The van der Waals surface area contributed by atoms with Gasteiger partial charge in [0.25, 0.3) is 5.91 Å². The number of carbonyl (C=O) groups is 1. The number of nitrogens with one attached hydrogen (secondary N) is 1. The van der Waals surface area contributed by atoms with Gasteiger partial charge in [-0.05, 0) is 37.6 Å². The van der Waals surface area contributed by atoms with Crippen LogP contribution in [0.1, 0.15) is 20.3 Å². The lowest BCUT2D eigenvalue weighted by Gasteiger charge is -2.30. The zero-order valence-electron chi connectivity index (χ0n) is 14.8. The lowest BCUT2D eigenvalue weighted by Crippen LogP contribution is -2.46. The SMILES string of the molecule is CCCn1c(NC(=O)[C@@H]2Oc3ccccc3O[C@@H]2C)nc2ccccc21. The topological polar surface area (TPSA) is 65.4 Å². The third kappa shape index (κ3) is 2.87. The van der Waals surface area contributed by atoms with E-state index in [9.17, 15) is 4.79 Å². The zero-order valence-corrected chi connectivity index (χ0v) is 14.8. The van der Waals surface area contributed by atoms with E-state index < -0.39 is 12.2 Å². The summed E-state index contributed by atoms with van der Waals surface area (Å²) in [4.78, 5) is 17.4. The molecule has 0 spiro atoms. The van der Waals surface area contributed by atoms with Crippen LogP contribution in [0.15, 0.2) is 48.5 Å². The summed E-state index contributed by atoms with van der Waals surface area (Å²) in [5, 5.41) is 2.92. The van der Waals surface area contributed by atoms with E-state index in [1.807, 2.05) is 54.0 Å². The molecule has 1 N–H and O–H groups in total. The Kier molecular flexibility index (Phi) is 4.24. The Bertz CT molecular complexity index is 950. The molecule has 1 amide bonds. The van der Waals surface area contributed by atoms with E-state index in [-0.39, 0.29) is 5.91 Å². The summed E-state index contributed by atoms with van der Waals surface area (Å²) in [6, 6.07) is 15.2. The van der Waals surface area contributed by atoms with Crippen LogP contribution in [0.25, 0.3) is 11.0 Å². The molecule has 2 atom stereocenters. The Morgan fingerprint density at radius 3 is 2.58 bits per heavy atom. The Morgan fingerprint density at radius 2 is 1.81 bits per heavy atom. The molecule has 2 aromatic carbocycles. The van der Waals surface area contributed by atoms with Gasteiger partial charge in [0.1, 0.15) is 6.10 Å². The Hall–Kier alpha value is -3.02. The number of ether oxygens (including phenoxy) is 2. The molecule has 4 rings (SSSR count). The quantitative estimate of drug-likeness (QED) is 0.780. The fraction of sp³-hybridized carbons (Fsp3) is 0.300. The average molecular weight is 351 g/mol. The van der Waals surface area contributed by atoms with Gasteiger partial charge in [0, 0.05) is 6.54 Å². The molecular weight excluding hydrogens is 330 g/mol. The molecule has 0 unspecified atom stereocenters. The van der Waals surface area contributed by atoms with Crippen LogP contribution in [-0.4, -0.2) is 27.7 Å². The zero-order chi connectivity index (χ0) is 18.1. The third-order valence-electron chi connectivity index (χ3n) is 4.44. The standard InChI is InChI=1S/C20H21N3O3/c1-3-12-23-15-9-5-4-8-14(15)21-20(23)22-19(24)18-13(2)25-16-10-6-7-11-17(16)26-18/h4-11,13,18H,3,12H2,1-2H3,(H,21,22,24)/t13-,18-/m1/s1. The monoisotopic (exact) mass is 351 g/mol. The molecule has 0 radical (unpaired) electrons. The lowest BCUT2D eigenvalue weighted by molar-refractivity contribution is -0.128. The summed E-state index contributed by atoms with van der Waals surface area (Å²) in [7, 11) is 0. The number of hydrogen-bond acceptors (Lipinski definition) is 4. The van der Waals surface area contributed by atoms with Crippen LogP contribution in [0.4, 0.5) is 5.95 Å². The number of aryl methyl sites for hydroxylation is 1. The molecule has 134 valence electrons. The second kappa shape index (κ2) is 6.71. The van der Waals surface area contributed by atoms with Crippen molar-refractivity contribution in [2.75, 3.05) is 5.32 Å². The molecule has 2 heterocycles. The van der Waals surface area contributed by atoms with E-state index in [1.54, 1.807) is 6.07 Å². The maximum atomic E-state index is 12.9. The molecule has 1 aliphatic heterocycles. The van der Waals surface area contributed by atoms with Crippen molar-refractivity contribution in [1.82, 2.24) is 9.55 Å². The van der Waals surface area contributed by atoms with Crippen molar-refractivity contribution in [2.24, 2.45) is 0 Å². The minimum absolute atomic E-state index is 0.264. The van der Waals surface area contributed by atoms with Crippen LogP contribution in [-0.2, 0) is 11.3 Å². The number of hydrogen-bond donors (Lipinski definition) is 1. The summed E-state index contributed by atoms with van der Waals surface area (Å²) in [6.45, 7) is 4.70. The number of anilines is 1. The predicted octanol–water partition coefficient (Wildman–Crippen LogP) is 3.61. The first kappa shape index (κ1) is 16.4. The summed E-state index contributed by atoms with van der Waals surface area (Å²) in [6.07, 6.45) is -0.190. The first-order chi connectivity index (χ1) is 12.7. The molecule has 6 nitrogen and oxygen atoms in total. The number of carbonyl (C=O) groups excluding carboxylic acids is 1. The Labute approximate surface area is 151 Å². The van der Waals surface area contributed by atoms with Gasteiger partial charge in [0.05, 0.1) is 11.0 Å². The molecule has 1 aliphatic rings. The molecule has 26 heavy (non-hydrogen) atoms. The molecular formula is C20H21N3O3. The van der Waals surface area contributed by atoms with Crippen LogP contribution in [0, 0.1) is 0 Å². The molecule has 0 fully saturated rings. The molecule has 0 saturated carbocycles. The van der Waals surface area contributed by atoms with E-state index in [2.05, 4.69) is 17.2 Å². The largest absolute Gasteiger partial charge is 0.482 e. The van der Waals surface area contributed by atoms with Crippen molar-refractivity contribution in [3.05, 3.63) is 48.5 Å². The molecule has 3 aromatic rings. The number of fused-ring (bicyclic) bond motifs is 2. The summed E-state index contributed by atoms with van der Waals surface area (Å²) < 4.78 is 13.7. The van der Waals surface area contributed by atoms with E-state index in [0.717, 1.165) is 24.0 Å². The molecule has 0 bridgehead atoms. The first-order valence-corrected chi connectivity index (χ1v) is 8.86. The van der Waals surface area contributed by atoms with Crippen LogP contribution in [0.3, 0.4) is 0 Å². The van der Waals surface area contributed by atoms with E-state index in [4.69, 9.17) is 9.47 Å². The minimum atomic E-state index is -0.736. The number of aromatic nitrogens is 2. The van der Waals surface area contributed by atoms with E-state index >= 15 is 0 Å². The van der Waals surface area contributed by atoms with Crippen LogP contribution in [0.2, 0.25) is 0 Å². The minimum Gasteiger partial charge on any atom is -0.482 e. The maximum absolute atomic E-state index is 12.9. The average Bonchev–Trinajstić information content (AvgIpc) is 2.99. The molecule has 0 aliphatic carbocycles. The summed E-state index contributed by atoms with van der Waals surface area (Å²) in [5.74, 6) is 1.50. The van der Waals surface area contributed by atoms with Gasteiger partial charge >= 0.3 is 0 Å². The normalized spacial score (nSPS) is 18.7. The highest BCUT2D eigenvalue weighted by Gasteiger charge is 2.34. The van der Waals surface area contributed by atoms with Crippen LogP contribution >= 0.6 is 0 Å². The Morgan fingerprint density at radius 1 is 1.12 bits per heavy atom. The number of imidazole rings is 1. The fourth-order valence-electron chi connectivity index (χ4n) is 3.21. The van der Waals surface area contributed by atoms with Gasteiger partial charge in [-0.1, -0.05) is 31.2 Å². The smallest absolute Gasteiger partial charge is 0.271 e. The predicted molar refractivity (Wildman–Crippen MR) is 99.6 cm³/mol. The van der Waals surface area contributed by atoms with Crippen molar-refractivity contribution in [3.63, 3.8) is 0 Å². The van der Waals surface area contributed by atoms with Gasteiger partial charge < -0.3 is 14.0 Å². The van der Waals surface area contributed by atoms with Gasteiger partial charge in [-0.15, -0.1) is 0 Å². The van der Waals surface area contributed by atoms with Gasteiger partial charge in [-0.3, -0.25) is 10.1 Å². The number of rotatable bonds is 4. The second-order valence-corrected chi connectivity index (χ2v) is 6.37. The van der Waals surface area contributed by atoms with Crippen LogP contribution < -0.4 is 14.8 Å². The van der Waals surface area contributed by atoms with Gasteiger partial charge in [-0.25, -0.2) is 4.98 Å². The highest BCUT2D eigenvalue weighted by Crippen LogP contribution is 2.33. The van der Waals surface area contributed by atoms with Gasteiger partial charge in [0.15, 0.2) is 11.5 Å². The molecule has 1 aromatic heterocycles. The lowest BCUT2D eigenvalue weighted by atomic mass is 10.1. The summed E-state index contributed by atoms with van der Waals surface area (Å²) >= 11 is 0. The highest BCUT2D eigenvalue weighted by atomic mass is 16.6. The summed E-state index contributed by atoms with van der Waals surface area (Å²) in [5.41, 5.74) is 1.86. The number of benzene rings is 2. The second-order valence-electron chi connectivity index (χ2n) is 6.37. The highest BCUT2D eigenvalue weighted by molar-refractivity contribution is 5.95. The van der Waals surface area contributed by atoms with Crippen molar-refractivity contribution in [3.8, 4) is 11.5 Å².